The Morgan fingerprint density at radius 1 is 1.39 bits per heavy atom. The van der Waals surface area contributed by atoms with Crippen LogP contribution in [-0.2, 0) is 4.74 Å². The number of rotatable bonds is 1. The van der Waals surface area contributed by atoms with Crippen LogP contribution in [0.25, 0.3) is 0 Å². The zero-order valence-electron chi connectivity index (χ0n) is 13.0. The van der Waals surface area contributed by atoms with Crippen molar-refractivity contribution in [2.75, 3.05) is 19.7 Å². The molecule has 0 aliphatic carbocycles. The van der Waals surface area contributed by atoms with Gasteiger partial charge in [0.2, 0.25) is 0 Å². The van der Waals surface area contributed by atoms with Crippen molar-refractivity contribution in [2.45, 2.75) is 43.5 Å². The standard InChI is InChI=1S/C16H21ClN2O4/c1-15(22)6-9-23-16(14(15)21)4-7-19(8-5-16)13(20)12-3-2-11(17)10-18-12/h2-3,10,14,21-22H,4-9H2,1H3/t14-,15+/m0/s1. The summed E-state index contributed by atoms with van der Waals surface area (Å²) >= 11 is 5.79. The first-order chi connectivity index (χ1) is 10.8. The number of amides is 1. The van der Waals surface area contributed by atoms with Crippen LogP contribution in [0.2, 0.25) is 5.02 Å². The number of ether oxygens (including phenoxy) is 1. The topological polar surface area (TPSA) is 82.9 Å². The summed E-state index contributed by atoms with van der Waals surface area (Å²) in [6.07, 6.45) is 1.89. The zero-order chi connectivity index (χ0) is 16.7. The number of likely N-dealkylation sites (tertiary alicyclic amines) is 1. The third-order valence-electron chi connectivity index (χ3n) is 4.93. The lowest BCUT2D eigenvalue weighted by atomic mass is 9.75. The van der Waals surface area contributed by atoms with E-state index in [0.717, 1.165) is 0 Å². The van der Waals surface area contributed by atoms with Gasteiger partial charge in [-0.2, -0.15) is 0 Å². The molecule has 2 aliphatic heterocycles. The van der Waals surface area contributed by atoms with Gasteiger partial charge in [0, 0.05) is 25.7 Å². The van der Waals surface area contributed by atoms with Gasteiger partial charge >= 0.3 is 0 Å². The van der Waals surface area contributed by atoms with Crippen LogP contribution in [-0.4, -0.2) is 63.0 Å². The molecule has 2 saturated heterocycles. The van der Waals surface area contributed by atoms with E-state index in [9.17, 15) is 15.0 Å². The Bertz CT molecular complexity index is 582. The van der Waals surface area contributed by atoms with Crippen molar-refractivity contribution in [3.05, 3.63) is 29.0 Å². The minimum atomic E-state index is -1.15. The number of halogens is 1. The number of pyridine rings is 1. The second kappa shape index (κ2) is 6.02. The summed E-state index contributed by atoms with van der Waals surface area (Å²) < 4.78 is 5.82. The maximum absolute atomic E-state index is 12.5. The van der Waals surface area contributed by atoms with E-state index < -0.39 is 17.3 Å². The molecule has 7 heteroatoms. The van der Waals surface area contributed by atoms with Crippen molar-refractivity contribution in [3.63, 3.8) is 0 Å². The Labute approximate surface area is 140 Å². The van der Waals surface area contributed by atoms with Crippen LogP contribution in [0.5, 0.6) is 0 Å². The lowest BCUT2D eigenvalue weighted by Gasteiger charge is -2.51. The molecular formula is C16H21ClN2O4. The Morgan fingerprint density at radius 2 is 2.09 bits per heavy atom. The first-order valence-corrected chi connectivity index (χ1v) is 8.17. The summed E-state index contributed by atoms with van der Waals surface area (Å²) in [6.45, 7) is 2.96. The average Bonchev–Trinajstić information content (AvgIpc) is 2.53. The lowest BCUT2D eigenvalue weighted by Crippen LogP contribution is -2.64. The van der Waals surface area contributed by atoms with Gasteiger partial charge in [-0.05, 0) is 31.9 Å². The van der Waals surface area contributed by atoms with E-state index in [4.69, 9.17) is 16.3 Å². The molecule has 0 saturated carbocycles. The summed E-state index contributed by atoms with van der Waals surface area (Å²) in [6, 6.07) is 3.24. The molecule has 23 heavy (non-hydrogen) atoms. The van der Waals surface area contributed by atoms with Gasteiger partial charge in [-0.3, -0.25) is 4.79 Å². The van der Waals surface area contributed by atoms with Crippen molar-refractivity contribution in [3.8, 4) is 0 Å². The van der Waals surface area contributed by atoms with Crippen molar-refractivity contribution in [2.24, 2.45) is 0 Å². The normalized spacial score (nSPS) is 30.4. The minimum absolute atomic E-state index is 0.159. The molecule has 126 valence electrons. The Balaban J connectivity index is 1.68. The smallest absolute Gasteiger partial charge is 0.272 e. The molecule has 1 spiro atoms. The van der Waals surface area contributed by atoms with Crippen molar-refractivity contribution < 1.29 is 19.7 Å². The first kappa shape index (κ1) is 16.6. The summed E-state index contributed by atoms with van der Waals surface area (Å²) in [4.78, 5) is 18.2. The second-order valence-corrected chi connectivity index (χ2v) is 7.01. The summed E-state index contributed by atoms with van der Waals surface area (Å²) in [7, 11) is 0. The largest absolute Gasteiger partial charge is 0.387 e. The molecule has 2 N–H and O–H groups in total. The fourth-order valence-corrected chi connectivity index (χ4v) is 3.53. The maximum atomic E-state index is 12.5. The molecule has 2 fully saturated rings. The van der Waals surface area contributed by atoms with E-state index in [-0.39, 0.29) is 5.91 Å². The highest BCUT2D eigenvalue weighted by Gasteiger charge is 2.52. The SMILES string of the molecule is C[C@@]1(O)CCOC2(CCN(C(=O)c3ccc(Cl)cn3)CC2)[C@H]1O. The summed E-state index contributed by atoms with van der Waals surface area (Å²) in [5.74, 6) is -0.159. The van der Waals surface area contributed by atoms with Crippen LogP contribution in [0.4, 0.5) is 0 Å². The predicted octanol–water partition coefficient (Wildman–Crippen LogP) is 1.24. The van der Waals surface area contributed by atoms with E-state index in [2.05, 4.69) is 4.98 Å². The fraction of sp³-hybridized carbons (Fsp3) is 0.625. The molecule has 1 amide bonds. The van der Waals surface area contributed by atoms with Gasteiger partial charge in [0.25, 0.3) is 5.91 Å². The number of carbonyl (C=O) groups is 1. The van der Waals surface area contributed by atoms with Gasteiger partial charge in [-0.15, -0.1) is 0 Å². The number of piperidine rings is 1. The van der Waals surface area contributed by atoms with Crippen LogP contribution in [0.3, 0.4) is 0 Å². The van der Waals surface area contributed by atoms with Gasteiger partial charge in [0.15, 0.2) is 0 Å². The Morgan fingerprint density at radius 3 is 2.70 bits per heavy atom. The number of carbonyl (C=O) groups excluding carboxylic acids is 1. The summed E-state index contributed by atoms with van der Waals surface area (Å²) in [5, 5.41) is 21.3. The zero-order valence-corrected chi connectivity index (χ0v) is 13.8. The van der Waals surface area contributed by atoms with Gasteiger partial charge < -0.3 is 19.8 Å². The molecule has 0 radical (unpaired) electrons. The second-order valence-electron chi connectivity index (χ2n) is 6.58. The maximum Gasteiger partial charge on any atom is 0.272 e. The molecule has 0 aromatic carbocycles. The van der Waals surface area contributed by atoms with Crippen LogP contribution >= 0.6 is 11.6 Å². The Hall–Kier alpha value is -1.21. The highest BCUT2D eigenvalue weighted by molar-refractivity contribution is 6.30. The minimum Gasteiger partial charge on any atom is -0.387 e. The molecule has 2 atom stereocenters. The van der Waals surface area contributed by atoms with Crippen LogP contribution in [0, 0.1) is 0 Å². The molecule has 1 aromatic rings. The molecule has 0 bridgehead atoms. The number of nitrogens with zero attached hydrogens (tertiary/aromatic N) is 2. The lowest BCUT2D eigenvalue weighted by molar-refractivity contribution is -0.244. The molecule has 3 heterocycles. The predicted molar refractivity (Wildman–Crippen MR) is 84.3 cm³/mol. The molecule has 2 aliphatic rings. The van der Waals surface area contributed by atoms with Gasteiger partial charge in [-0.1, -0.05) is 11.6 Å². The van der Waals surface area contributed by atoms with Crippen molar-refractivity contribution >= 4 is 17.5 Å². The number of aromatic nitrogens is 1. The third kappa shape index (κ3) is 3.08. The van der Waals surface area contributed by atoms with Gasteiger partial charge in [0.05, 0.1) is 17.2 Å². The molecule has 1 aromatic heterocycles. The quantitative estimate of drug-likeness (QED) is 0.803. The first-order valence-electron chi connectivity index (χ1n) is 7.79. The molecule has 0 unspecified atom stereocenters. The highest BCUT2D eigenvalue weighted by Crippen LogP contribution is 2.39. The Kier molecular flexibility index (Phi) is 4.35. The van der Waals surface area contributed by atoms with Gasteiger partial charge in [0.1, 0.15) is 17.4 Å². The number of aliphatic hydroxyl groups excluding tert-OH is 1. The van der Waals surface area contributed by atoms with E-state index >= 15 is 0 Å². The third-order valence-corrected chi connectivity index (χ3v) is 5.15. The van der Waals surface area contributed by atoms with E-state index in [1.807, 2.05) is 0 Å². The summed E-state index contributed by atoms with van der Waals surface area (Å²) in [5.41, 5.74) is -1.57. The van der Waals surface area contributed by atoms with Crippen molar-refractivity contribution in [1.29, 1.82) is 0 Å². The number of hydrogen-bond acceptors (Lipinski definition) is 5. The van der Waals surface area contributed by atoms with Gasteiger partial charge in [-0.25, -0.2) is 4.98 Å². The van der Waals surface area contributed by atoms with E-state index in [0.29, 0.717) is 49.7 Å². The average molecular weight is 341 g/mol. The molecule has 6 nitrogen and oxygen atoms in total. The van der Waals surface area contributed by atoms with Crippen LogP contribution in [0.1, 0.15) is 36.7 Å². The molecular weight excluding hydrogens is 320 g/mol. The van der Waals surface area contributed by atoms with Crippen LogP contribution in [0.15, 0.2) is 18.3 Å². The van der Waals surface area contributed by atoms with Crippen molar-refractivity contribution in [1.82, 2.24) is 9.88 Å². The van der Waals surface area contributed by atoms with Crippen LogP contribution < -0.4 is 0 Å². The highest BCUT2D eigenvalue weighted by atomic mass is 35.5. The number of aliphatic hydroxyl groups is 2. The number of hydrogen-bond donors (Lipinski definition) is 2. The van der Waals surface area contributed by atoms with E-state index in [1.165, 1.54) is 6.20 Å². The molecule has 3 rings (SSSR count). The fourth-order valence-electron chi connectivity index (χ4n) is 3.41. The van der Waals surface area contributed by atoms with E-state index in [1.54, 1.807) is 24.0 Å². The monoisotopic (exact) mass is 340 g/mol.